The number of carbonyl (C=O) groups excluding carboxylic acids is 1. The van der Waals surface area contributed by atoms with Gasteiger partial charge in [-0.15, -0.1) is 0 Å². The lowest BCUT2D eigenvalue weighted by Gasteiger charge is -2.39. The summed E-state index contributed by atoms with van der Waals surface area (Å²) < 4.78 is 36.1. The average molecular weight is 488 g/mol. The van der Waals surface area contributed by atoms with E-state index in [9.17, 15) is 18.0 Å². The highest BCUT2D eigenvalue weighted by Crippen LogP contribution is 2.35. The molecule has 4 rings (SSSR count). The van der Waals surface area contributed by atoms with E-state index in [-0.39, 0.29) is 30.5 Å². The molecule has 8 nitrogen and oxygen atoms in total. The van der Waals surface area contributed by atoms with Gasteiger partial charge in [-0.25, -0.2) is 13.1 Å². The Kier molecular flexibility index (Phi) is 6.61. The lowest BCUT2D eigenvalue weighted by molar-refractivity contribution is -0.139. The van der Waals surface area contributed by atoms with E-state index in [1.165, 1.54) is 6.07 Å². The van der Waals surface area contributed by atoms with E-state index in [1.54, 1.807) is 18.7 Å². The number of aromatic nitrogens is 1. The van der Waals surface area contributed by atoms with E-state index in [0.717, 1.165) is 40.8 Å². The Bertz CT molecular complexity index is 1260. The van der Waals surface area contributed by atoms with Crippen LogP contribution in [0.2, 0.25) is 0 Å². The Morgan fingerprint density at radius 1 is 1.03 bits per heavy atom. The summed E-state index contributed by atoms with van der Waals surface area (Å²) in [5, 5.41) is 0. The van der Waals surface area contributed by atoms with Gasteiger partial charge in [-0.3, -0.25) is 9.59 Å². The van der Waals surface area contributed by atoms with Crippen molar-refractivity contribution in [2.24, 2.45) is 0 Å². The number of ether oxygens (including phenoxy) is 1. The molecular formula is C25H33N3O5S. The third-order valence-corrected chi connectivity index (χ3v) is 8.58. The van der Waals surface area contributed by atoms with Crippen molar-refractivity contribution in [2.45, 2.75) is 70.9 Å². The molecule has 0 radical (unpaired) electrons. The van der Waals surface area contributed by atoms with Crippen molar-refractivity contribution >= 4 is 15.9 Å². The fraction of sp³-hybridized carbons (Fsp3) is 0.520. The second kappa shape index (κ2) is 9.19. The van der Waals surface area contributed by atoms with Crippen molar-refractivity contribution in [2.75, 3.05) is 19.6 Å². The molecule has 2 aliphatic rings. The van der Waals surface area contributed by atoms with Gasteiger partial charge in [0.05, 0.1) is 18.0 Å². The SMILES string of the molecule is Cc1cc(C)c(C)c(S(=O)(=O)NCCC(=O)N2CC(Oc3cc(C)n(C4CC4)c(=O)c3)C2)c1C. The molecule has 34 heavy (non-hydrogen) atoms. The maximum absolute atomic E-state index is 12.9. The minimum Gasteiger partial charge on any atom is -0.486 e. The van der Waals surface area contributed by atoms with E-state index in [0.29, 0.717) is 29.8 Å². The minimum atomic E-state index is -3.72. The van der Waals surface area contributed by atoms with Crippen LogP contribution in [0.3, 0.4) is 0 Å². The zero-order valence-electron chi connectivity index (χ0n) is 20.5. The molecule has 9 heteroatoms. The van der Waals surface area contributed by atoms with Crippen LogP contribution in [0.5, 0.6) is 5.75 Å². The number of nitrogens with one attached hydrogen (secondary N) is 1. The van der Waals surface area contributed by atoms with Crippen LogP contribution in [0.15, 0.2) is 27.9 Å². The summed E-state index contributed by atoms with van der Waals surface area (Å²) in [5.74, 6) is 0.403. The smallest absolute Gasteiger partial charge is 0.254 e. The van der Waals surface area contributed by atoms with Crippen LogP contribution in [0, 0.1) is 34.6 Å². The molecule has 0 bridgehead atoms. The second-order valence-corrected chi connectivity index (χ2v) is 11.3. The van der Waals surface area contributed by atoms with E-state index >= 15 is 0 Å². The molecule has 1 saturated carbocycles. The Morgan fingerprint density at radius 2 is 1.65 bits per heavy atom. The predicted octanol–water partition coefficient (Wildman–Crippen LogP) is 2.68. The van der Waals surface area contributed by atoms with Gasteiger partial charge >= 0.3 is 0 Å². The summed E-state index contributed by atoms with van der Waals surface area (Å²) in [5.41, 5.74) is 4.14. The van der Waals surface area contributed by atoms with Gasteiger partial charge in [-0.2, -0.15) is 0 Å². The molecule has 1 saturated heterocycles. The fourth-order valence-corrected chi connectivity index (χ4v) is 6.21. The Labute approximate surface area is 201 Å². The van der Waals surface area contributed by atoms with Gasteiger partial charge in [0.2, 0.25) is 15.9 Å². The van der Waals surface area contributed by atoms with Crippen molar-refractivity contribution in [3.8, 4) is 5.75 Å². The molecule has 184 valence electrons. The van der Waals surface area contributed by atoms with Gasteiger partial charge in [-0.1, -0.05) is 6.07 Å². The lowest BCUT2D eigenvalue weighted by Crippen LogP contribution is -2.56. The van der Waals surface area contributed by atoms with E-state index < -0.39 is 10.0 Å². The molecule has 1 aliphatic heterocycles. The molecule has 1 N–H and O–H groups in total. The molecule has 2 aromatic rings. The zero-order chi connectivity index (χ0) is 24.8. The Balaban J connectivity index is 1.28. The Morgan fingerprint density at radius 3 is 2.21 bits per heavy atom. The largest absolute Gasteiger partial charge is 0.486 e. The number of hydrogen-bond donors (Lipinski definition) is 1. The van der Waals surface area contributed by atoms with Crippen LogP contribution >= 0.6 is 0 Å². The van der Waals surface area contributed by atoms with Gasteiger partial charge in [0, 0.05) is 30.8 Å². The normalized spacial score (nSPS) is 16.4. The van der Waals surface area contributed by atoms with Crippen LogP contribution in [-0.4, -0.2) is 49.5 Å². The number of aryl methyl sites for hydroxylation is 3. The van der Waals surface area contributed by atoms with Gasteiger partial charge in [-0.05, 0) is 75.8 Å². The van der Waals surface area contributed by atoms with E-state index in [4.69, 9.17) is 4.74 Å². The number of carbonyl (C=O) groups is 1. The van der Waals surface area contributed by atoms with Crippen molar-refractivity contribution < 1.29 is 17.9 Å². The highest BCUT2D eigenvalue weighted by atomic mass is 32.2. The highest BCUT2D eigenvalue weighted by molar-refractivity contribution is 7.89. The first kappa shape index (κ1) is 24.5. The summed E-state index contributed by atoms with van der Waals surface area (Å²) in [6.07, 6.45) is 1.99. The number of benzene rings is 1. The molecule has 0 atom stereocenters. The van der Waals surface area contributed by atoms with Crippen molar-refractivity contribution in [3.63, 3.8) is 0 Å². The first-order chi connectivity index (χ1) is 16.0. The summed E-state index contributed by atoms with van der Waals surface area (Å²) in [6, 6.07) is 5.69. The monoisotopic (exact) mass is 487 g/mol. The first-order valence-electron chi connectivity index (χ1n) is 11.7. The predicted molar refractivity (Wildman–Crippen MR) is 130 cm³/mol. The summed E-state index contributed by atoms with van der Waals surface area (Å²) in [4.78, 5) is 26.8. The molecule has 1 aromatic heterocycles. The molecule has 1 aromatic carbocycles. The standard InChI is InChI=1S/C25H33N3O5S/c1-15-10-16(2)19(5)25(18(15)4)34(31,32)26-9-8-23(29)27-13-22(14-27)33-21-11-17(3)28(20-6-7-20)24(30)12-21/h10-12,20,22,26H,6-9,13-14H2,1-5H3. The second-order valence-electron chi connectivity index (χ2n) is 9.55. The van der Waals surface area contributed by atoms with E-state index in [1.807, 2.05) is 37.5 Å². The van der Waals surface area contributed by atoms with Crippen molar-refractivity contribution in [1.29, 1.82) is 0 Å². The lowest BCUT2D eigenvalue weighted by atomic mass is 10.0. The number of sulfonamides is 1. The quantitative estimate of drug-likeness (QED) is 0.617. The topological polar surface area (TPSA) is 97.7 Å². The van der Waals surface area contributed by atoms with Crippen LogP contribution in [0.4, 0.5) is 0 Å². The molecule has 0 spiro atoms. The molecule has 2 heterocycles. The van der Waals surface area contributed by atoms with Crippen molar-refractivity contribution in [3.05, 3.63) is 56.5 Å². The summed E-state index contributed by atoms with van der Waals surface area (Å²) >= 11 is 0. The van der Waals surface area contributed by atoms with Gasteiger partial charge in [0.1, 0.15) is 11.9 Å². The van der Waals surface area contributed by atoms with Crippen LogP contribution < -0.4 is 15.0 Å². The van der Waals surface area contributed by atoms with Gasteiger partial charge in [0.15, 0.2) is 0 Å². The summed E-state index contributed by atoms with van der Waals surface area (Å²) in [6.45, 7) is 10.2. The Hall–Kier alpha value is -2.65. The number of amides is 1. The third-order valence-electron chi connectivity index (χ3n) is 6.85. The van der Waals surface area contributed by atoms with Gasteiger partial charge < -0.3 is 14.2 Å². The average Bonchev–Trinajstić information content (AvgIpc) is 3.53. The number of likely N-dealkylation sites (tertiary alicyclic amines) is 1. The van der Waals surface area contributed by atoms with Crippen molar-refractivity contribution in [1.82, 2.24) is 14.2 Å². The highest BCUT2D eigenvalue weighted by Gasteiger charge is 2.33. The third kappa shape index (κ3) is 4.90. The van der Waals surface area contributed by atoms with Crippen LogP contribution in [0.1, 0.15) is 53.3 Å². The number of hydrogen-bond acceptors (Lipinski definition) is 5. The first-order valence-corrected chi connectivity index (χ1v) is 13.2. The molecule has 1 amide bonds. The molecule has 1 aliphatic carbocycles. The molecule has 2 fully saturated rings. The fourth-order valence-electron chi connectivity index (χ4n) is 4.57. The molecular weight excluding hydrogens is 454 g/mol. The minimum absolute atomic E-state index is 0.0354. The number of rotatable bonds is 8. The maximum Gasteiger partial charge on any atom is 0.254 e. The number of nitrogens with zero attached hydrogens (tertiary/aromatic N) is 2. The number of pyridine rings is 1. The maximum atomic E-state index is 12.9. The zero-order valence-corrected chi connectivity index (χ0v) is 21.3. The van der Waals surface area contributed by atoms with Gasteiger partial charge in [0.25, 0.3) is 5.56 Å². The summed E-state index contributed by atoms with van der Waals surface area (Å²) in [7, 11) is -3.72. The van der Waals surface area contributed by atoms with Crippen LogP contribution in [-0.2, 0) is 14.8 Å². The van der Waals surface area contributed by atoms with E-state index in [2.05, 4.69) is 4.72 Å². The van der Waals surface area contributed by atoms with Crippen LogP contribution in [0.25, 0.3) is 0 Å². The molecule has 0 unspecified atom stereocenters.